The zero-order valence-corrected chi connectivity index (χ0v) is 7.58. The van der Waals surface area contributed by atoms with E-state index in [1.807, 2.05) is 0 Å². The third-order valence-corrected chi connectivity index (χ3v) is 4.17. The molecule has 2 N–H and O–H groups in total. The number of nitrogens with two attached hydrogens (primary N) is 1. The summed E-state index contributed by atoms with van der Waals surface area (Å²) in [6.07, 6.45) is 6.98. The Hall–Kier alpha value is -0.0800. The van der Waals surface area contributed by atoms with Gasteiger partial charge >= 0.3 is 0 Å². The van der Waals surface area contributed by atoms with Crippen LogP contribution in [0.4, 0.5) is 0 Å². The minimum Gasteiger partial charge on any atom is -0.326 e. The monoisotopic (exact) mass is 166 g/mol. The second kappa shape index (κ2) is 2.46. The van der Waals surface area contributed by atoms with Gasteiger partial charge in [-0.15, -0.1) is 0 Å². The van der Waals surface area contributed by atoms with Crippen LogP contribution in [0.1, 0.15) is 32.1 Å². The third-order valence-electron chi connectivity index (χ3n) is 4.17. The molecular weight excluding hydrogens is 148 g/mol. The fourth-order valence-electron chi connectivity index (χ4n) is 3.73. The summed E-state index contributed by atoms with van der Waals surface area (Å²) in [7, 11) is 0. The Kier molecular flexibility index (Phi) is 1.50. The quantitative estimate of drug-likeness (QED) is 0.581. The van der Waals surface area contributed by atoms with Crippen LogP contribution < -0.4 is 5.73 Å². The highest BCUT2D eigenvalue weighted by atomic mass is 15.3. The first-order valence-corrected chi connectivity index (χ1v) is 5.37. The van der Waals surface area contributed by atoms with E-state index in [2.05, 4.69) is 4.90 Å². The van der Waals surface area contributed by atoms with Gasteiger partial charge in [0.05, 0.1) is 0 Å². The van der Waals surface area contributed by atoms with Gasteiger partial charge in [-0.1, -0.05) is 0 Å². The van der Waals surface area contributed by atoms with Crippen LogP contribution in [0.5, 0.6) is 0 Å². The lowest BCUT2D eigenvalue weighted by Crippen LogP contribution is -2.54. The summed E-state index contributed by atoms with van der Waals surface area (Å²) >= 11 is 0. The second-order valence-electron chi connectivity index (χ2n) is 4.76. The number of piperidine rings is 2. The van der Waals surface area contributed by atoms with E-state index in [1.54, 1.807) is 0 Å². The van der Waals surface area contributed by atoms with Crippen LogP contribution in [0.25, 0.3) is 0 Å². The van der Waals surface area contributed by atoms with Gasteiger partial charge in [0, 0.05) is 18.1 Å². The van der Waals surface area contributed by atoms with E-state index in [4.69, 9.17) is 5.73 Å². The normalized spacial score (nSPS) is 57.2. The summed E-state index contributed by atoms with van der Waals surface area (Å²) in [5.41, 5.74) is 6.16. The smallest absolute Gasteiger partial charge is 0.0278 e. The maximum Gasteiger partial charge on any atom is 0.0278 e. The molecule has 3 rings (SSSR count). The molecule has 3 fully saturated rings. The Balaban J connectivity index is 1.92. The third kappa shape index (κ3) is 0.826. The predicted molar refractivity (Wildman–Crippen MR) is 48.8 cm³/mol. The summed E-state index contributed by atoms with van der Waals surface area (Å²) in [5.74, 6) is 0.959. The molecule has 0 radical (unpaired) electrons. The van der Waals surface area contributed by atoms with Gasteiger partial charge in [-0.25, -0.2) is 0 Å². The van der Waals surface area contributed by atoms with Gasteiger partial charge in [0.15, 0.2) is 0 Å². The highest BCUT2D eigenvalue weighted by Gasteiger charge is 2.48. The van der Waals surface area contributed by atoms with Crippen molar-refractivity contribution in [1.29, 1.82) is 0 Å². The largest absolute Gasteiger partial charge is 0.326 e. The van der Waals surface area contributed by atoms with Crippen molar-refractivity contribution in [2.75, 3.05) is 6.54 Å². The maximum atomic E-state index is 6.16. The van der Waals surface area contributed by atoms with E-state index in [9.17, 15) is 0 Å². The van der Waals surface area contributed by atoms with Gasteiger partial charge in [0.1, 0.15) is 0 Å². The summed E-state index contributed by atoms with van der Waals surface area (Å²) in [6, 6.07) is 2.19. The van der Waals surface area contributed by atoms with E-state index in [1.165, 1.54) is 38.6 Å². The average Bonchev–Trinajstić information content (AvgIpc) is 2.24. The van der Waals surface area contributed by atoms with Crippen LogP contribution in [0.2, 0.25) is 0 Å². The number of rotatable bonds is 0. The molecule has 0 spiro atoms. The molecule has 12 heavy (non-hydrogen) atoms. The zero-order chi connectivity index (χ0) is 8.13. The van der Waals surface area contributed by atoms with Crippen LogP contribution in [0, 0.1) is 5.92 Å². The minimum atomic E-state index is 0.494. The molecule has 0 saturated carbocycles. The van der Waals surface area contributed by atoms with Crippen molar-refractivity contribution in [2.24, 2.45) is 11.7 Å². The molecule has 4 bridgehead atoms. The molecule has 68 valence electrons. The number of hydrogen-bond acceptors (Lipinski definition) is 2. The Morgan fingerprint density at radius 3 is 2.92 bits per heavy atom. The topological polar surface area (TPSA) is 29.3 Å². The van der Waals surface area contributed by atoms with Gasteiger partial charge in [-0.3, -0.25) is 4.90 Å². The molecule has 3 saturated heterocycles. The minimum absolute atomic E-state index is 0.494. The Bertz CT molecular complexity index is 192. The van der Waals surface area contributed by atoms with E-state index < -0.39 is 0 Å². The lowest BCUT2D eigenvalue weighted by molar-refractivity contribution is 0.0840. The lowest BCUT2D eigenvalue weighted by Gasteiger charge is -2.42. The van der Waals surface area contributed by atoms with Crippen molar-refractivity contribution in [3.05, 3.63) is 0 Å². The molecule has 3 aliphatic rings. The zero-order valence-electron chi connectivity index (χ0n) is 7.58. The highest BCUT2D eigenvalue weighted by molar-refractivity contribution is 5.04. The second-order valence-corrected chi connectivity index (χ2v) is 4.76. The van der Waals surface area contributed by atoms with Crippen LogP contribution >= 0.6 is 0 Å². The van der Waals surface area contributed by atoms with Crippen molar-refractivity contribution >= 4 is 0 Å². The fourth-order valence-corrected chi connectivity index (χ4v) is 3.73. The Morgan fingerprint density at radius 2 is 2.08 bits per heavy atom. The summed E-state index contributed by atoms with van der Waals surface area (Å²) in [6.45, 7) is 1.33. The first-order chi connectivity index (χ1) is 5.86. The molecule has 0 aromatic carbocycles. The molecule has 0 aliphatic carbocycles. The van der Waals surface area contributed by atoms with E-state index in [-0.39, 0.29) is 0 Å². The van der Waals surface area contributed by atoms with Crippen LogP contribution in [-0.2, 0) is 0 Å². The highest BCUT2D eigenvalue weighted by Crippen LogP contribution is 2.44. The average molecular weight is 166 g/mol. The molecule has 3 heterocycles. The fraction of sp³-hybridized carbons (Fsp3) is 1.00. The molecule has 3 aliphatic heterocycles. The summed E-state index contributed by atoms with van der Waals surface area (Å²) in [4.78, 5) is 2.71. The first-order valence-electron chi connectivity index (χ1n) is 5.37. The lowest BCUT2D eigenvalue weighted by atomic mass is 9.87. The molecule has 2 nitrogen and oxygen atoms in total. The van der Waals surface area contributed by atoms with Gasteiger partial charge in [-0.05, 0) is 44.6 Å². The molecule has 0 aromatic heterocycles. The van der Waals surface area contributed by atoms with Crippen molar-refractivity contribution in [2.45, 2.75) is 50.2 Å². The summed E-state index contributed by atoms with van der Waals surface area (Å²) < 4.78 is 0. The van der Waals surface area contributed by atoms with Crippen LogP contribution in [-0.4, -0.2) is 29.6 Å². The molecule has 1 unspecified atom stereocenters. The Morgan fingerprint density at radius 1 is 1.17 bits per heavy atom. The predicted octanol–water partition coefficient (Wildman–Crippen LogP) is 0.960. The van der Waals surface area contributed by atoms with E-state index in [0.717, 1.165) is 18.0 Å². The van der Waals surface area contributed by atoms with Crippen molar-refractivity contribution in [3.8, 4) is 0 Å². The standard InChI is InChI=1S/C10H18N2/c11-9-4-3-8-6-7-2-1-5-12(8)10(7)9/h7-10H,1-6,11H2/t7-,8+,9+,10-/m1/s1. The number of nitrogens with zero attached hydrogens (tertiary/aromatic N) is 1. The maximum absolute atomic E-state index is 6.16. The van der Waals surface area contributed by atoms with Gasteiger partial charge in [0.25, 0.3) is 0 Å². The van der Waals surface area contributed by atoms with Crippen LogP contribution in [0.3, 0.4) is 0 Å². The molecule has 0 amide bonds. The SMILES string of the molecule is N[C@H]1CC[C@H]2C[C@H]3CCCN2[C@H]31. The van der Waals surface area contributed by atoms with E-state index in [0.29, 0.717) is 6.04 Å². The molecule has 5 atom stereocenters. The molecular formula is C10H18N2. The van der Waals surface area contributed by atoms with Gasteiger partial charge < -0.3 is 5.73 Å². The van der Waals surface area contributed by atoms with Crippen molar-refractivity contribution in [3.63, 3.8) is 0 Å². The Labute approximate surface area is 74.1 Å². The summed E-state index contributed by atoms with van der Waals surface area (Å²) in [5, 5.41) is 0. The first kappa shape index (κ1) is 7.34. The van der Waals surface area contributed by atoms with Crippen LogP contribution in [0.15, 0.2) is 0 Å². The van der Waals surface area contributed by atoms with Crippen molar-refractivity contribution in [1.82, 2.24) is 4.90 Å². The molecule has 2 heteroatoms. The number of hydrogen-bond donors (Lipinski definition) is 1. The van der Waals surface area contributed by atoms with Gasteiger partial charge in [-0.2, -0.15) is 0 Å². The van der Waals surface area contributed by atoms with E-state index >= 15 is 0 Å². The molecule has 0 aromatic rings. The van der Waals surface area contributed by atoms with Crippen molar-refractivity contribution < 1.29 is 0 Å². The van der Waals surface area contributed by atoms with Gasteiger partial charge in [0.2, 0.25) is 0 Å².